The highest BCUT2D eigenvalue weighted by atomic mass is 32.1. The lowest BCUT2D eigenvalue weighted by Crippen LogP contribution is -2.52. The van der Waals surface area contributed by atoms with Crippen LogP contribution in [0.1, 0.15) is 42.5 Å². The van der Waals surface area contributed by atoms with Crippen LogP contribution in [0.15, 0.2) is 35.0 Å². The number of amides is 3. The van der Waals surface area contributed by atoms with Crippen molar-refractivity contribution in [2.75, 3.05) is 11.9 Å². The van der Waals surface area contributed by atoms with E-state index in [2.05, 4.69) is 10.6 Å². The number of hydrogen-bond acceptors (Lipinski definition) is 4. The van der Waals surface area contributed by atoms with Gasteiger partial charge in [0.05, 0.1) is 17.3 Å². The van der Waals surface area contributed by atoms with Gasteiger partial charge in [0, 0.05) is 12.5 Å². The van der Waals surface area contributed by atoms with Gasteiger partial charge in [0.25, 0.3) is 5.91 Å². The average Bonchev–Trinajstić information content (AvgIpc) is 3.47. The molecule has 1 saturated carbocycles. The van der Waals surface area contributed by atoms with Crippen LogP contribution >= 0.6 is 11.3 Å². The molecule has 1 saturated heterocycles. The molecule has 0 unspecified atom stereocenters. The molecule has 0 radical (unpaired) electrons. The van der Waals surface area contributed by atoms with Crippen LogP contribution in [0, 0.1) is 5.92 Å². The van der Waals surface area contributed by atoms with Gasteiger partial charge >= 0.3 is 0 Å². The molecule has 1 aromatic carbocycles. The summed E-state index contributed by atoms with van der Waals surface area (Å²) in [6, 6.07) is 6.59. The first kappa shape index (κ1) is 18.4. The van der Waals surface area contributed by atoms with E-state index < -0.39 is 6.04 Å². The Morgan fingerprint density at radius 3 is 2.69 bits per heavy atom. The van der Waals surface area contributed by atoms with Crippen molar-refractivity contribution in [2.45, 2.75) is 44.2 Å². The number of thiophene rings is 1. The van der Waals surface area contributed by atoms with Gasteiger partial charge in [-0.2, -0.15) is 11.3 Å². The zero-order valence-electron chi connectivity index (χ0n) is 16.0. The van der Waals surface area contributed by atoms with Crippen LogP contribution in [0.3, 0.4) is 0 Å². The van der Waals surface area contributed by atoms with Gasteiger partial charge in [-0.05, 0) is 59.3 Å². The number of nitrogens with one attached hydrogen (secondary N) is 2. The van der Waals surface area contributed by atoms with Crippen molar-refractivity contribution in [1.82, 2.24) is 10.2 Å². The van der Waals surface area contributed by atoms with E-state index in [1.54, 1.807) is 22.3 Å². The predicted octanol–water partition coefficient (Wildman–Crippen LogP) is 3.26. The second-order valence-electron chi connectivity index (χ2n) is 8.09. The first-order valence-corrected chi connectivity index (χ1v) is 11.1. The Kier molecular flexibility index (Phi) is 4.62. The number of fused-ring (bicyclic) bond motifs is 2. The molecule has 0 bridgehead atoms. The third kappa shape index (κ3) is 3.23. The fraction of sp³-hybridized carbons (Fsp3) is 0.409. The molecule has 2 atom stereocenters. The van der Waals surface area contributed by atoms with E-state index in [0.29, 0.717) is 24.2 Å². The van der Waals surface area contributed by atoms with E-state index in [-0.39, 0.29) is 29.7 Å². The number of rotatable bonds is 3. The van der Waals surface area contributed by atoms with Crippen LogP contribution in [-0.2, 0) is 9.59 Å². The van der Waals surface area contributed by atoms with Crippen LogP contribution in [0.25, 0.3) is 11.1 Å². The molecule has 150 valence electrons. The Bertz CT molecular complexity index is 966. The van der Waals surface area contributed by atoms with Crippen molar-refractivity contribution in [3.8, 4) is 11.1 Å². The number of hydrogen-bond donors (Lipinski definition) is 2. The fourth-order valence-electron chi connectivity index (χ4n) is 4.78. The number of carbonyl (C=O) groups is 3. The summed E-state index contributed by atoms with van der Waals surface area (Å²) in [6.07, 6.45) is 4.59. The molecule has 3 aliphatic rings. The third-order valence-electron chi connectivity index (χ3n) is 6.34. The second kappa shape index (κ2) is 7.30. The molecule has 0 spiro atoms. The SMILES string of the molecule is O=C(N[C@H]1CCN2C(=O)c3cc(-c4ccsc4)ccc3NC(=O)[C@H]12)C1CCCC1. The van der Waals surface area contributed by atoms with Gasteiger partial charge in [-0.3, -0.25) is 14.4 Å². The van der Waals surface area contributed by atoms with Gasteiger partial charge in [-0.25, -0.2) is 0 Å². The highest BCUT2D eigenvalue weighted by Gasteiger charge is 2.45. The number of anilines is 1. The second-order valence-corrected chi connectivity index (χ2v) is 8.87. The maximum absolute atomic E-state index is 13.3. The minimum atomic E-state index is -0.662. The van der Waals surface area contributed by atoms with Crippen molar-refractivity contribution >= 4 is 34.7 Å². The first-order valence-electron chi connectivity index (χ1n) is 10.2. The lowest BCUT2D eigenvalue weighted by atomic mass is 10.0. The van der Waals surface area contributed by atoms with Gasteiger partial charge in [-0.15, -0.1) is 0 Å². The van der Waals surface area contributed by atoms with Crippen LogP contribution in [0.2, 0.25) is 0 Å². The summed E-state index contributed by atoms with van der Waals surface area (Å²) in [6.45, 7) is 0.467. The standard InChI is InChI=1S/C22H23N3O3S/c26-20(13-3-1-2-4-13)24-18-7-9-25-19(18)21(27)23-17-6-5-14(11-16(17)22(25)28)15-8-10-29-12-15/h5-6,8,10-13,18-19H,1-4,7,9H2,(H,23,27)(H,24,26)/t18-,19-/m0/s1. The van der Waals surface area contributed by atoms with E-state index in [0.717, 1.165) is 36.8 Å². The molecule has 6 nitrogen and oxygen atoms in total. The molecule has 5 rings (SSSR count). The summed E-state index contributed by atoms with van der Waals surface area (Å²) in [4.78, 5) is 40.5. The summed E-state index contributed by atoms with van der Waals surface area (Å²) in [5.41, 5.74) is 3.05. The summed E-state index contributed by atoms with van der Waals surface area (Å²) < 4.78 is 0. The Balaban J connectivity index is 1.41. The Labute approximate surface area is 173 Å². The largest absolute Gasteiger partial charge is 0.350 e. The van der Waals surface area contributed by atoms with Crippen LogP contribution in [-0.4, -0.2) is 41.2 Å². The molecule has 29 heavy (non-hydrogen) atoms. The normalized spacial score (nSPS) is 24.1. The Morgan fingerprint density at radius 2 is 1.93 bits per heavy atom. The van der Waals surface area contributed by atoms with E-state index in [4.69, 9.17) is 0 Å². The monoisotopic (exact) mass is 409 g/mol. The van der Waals surface area contributed by atoms with Crippen LogP contribution in [0.5, 0.6) is 0 Å². The Hall–Kier alpha value is -2.67. The molecule has 2 aromatic rings. The number of nitrogens with zero attached hydrogens (tertiary/aromatic N) is 1. The highest BCUT2D eigenvalue weighted by molar-refractivity contribution is 7.08. The zero-order valence-corrected chi connectivity index (χ0v) is 16.8. The quantitative estimate of drug-likeness (QED) is 0.817. The van der Waals surface area contributed by atoms with Crippen molar-refractivity contribution < 1.29 is 14.4 Å². The zero-order chi connectivity index (χ0) is 20.0. The van der Waals surface area contributed by atoms with Gasteiger partial charge < -0.3 is 15.5 Å². The summed E-state index contributed by atoms with van der Waals surface area (Å²) >= 11 is 1.60. The summed E-state index contributed by atoms with van der Waals surface area (Å²) in [5, 5.41) is 10.0. The molecule has 1 aliphatic carbocycles. The molecular formula is C22H23N3O3S. The maximum Gasteiger partial charge on any atom is 0.256 e. The lowest BCUT2D eigenvalue weighted by Gasteiger charge is -2.25. The topological polar surface area (TPSA) is 78.5 Å². The van der Waals surface area contributed by atoms with Gasteiger partial charge in [-0.1, -0.05) is 18.9 Å². The number of carbonyl (C=O) groups excluding carboxylic acids is 3. The molecule has 2 aliphatic heterocycles. The summed E-state index contributed by atoms with van der Waals surface area (Å²) in [7, 11) is 0. The molecule has 1 aromatic heterocycles. The maximum atomic E-state index is 13.3. The van der Waals surface area contributed by atoms with E-state index in [9.17, 15) is 14.4 Å². The van der Waals surface area contributed by atoms with Gasteiger partial charge in [0.15, 0.2) is 0 Å². The molecular weight excluding hydrogens is 386 g/mol. The van der Waals surface area contributed by atoms with Crippen molar-refractivity contribution in [3.05, 3.63) is 40.6 Å². The smallest absolute Gasteiger partial charge is 0.256 e. The van der Waals surface area contributed by atoms with E-state index in [1.807, 2.05) is 29.0 Å². The molecule has 3 heterocycles. The summed E-state index contributed by atoms with van der Waals surface area (Å²) in [5.74, 6) is -0.317. The average molecular weight is 410 g/mol. The first-order chi connectivity index (χ1) is 14.1. The minimum Gasteiger partial charge on any atom is -0.350 e. The molecule has 7 heteroatoms. The Morgan fingerprint density at radius 1 is 1.10 bits per heavy atom. The third-order valence-corrected chi connectivity index (χ3v) is 7.03. The van der Waals surface area contributed by atoms with Crippen LogP contribution in [0.4, 0.5) is 5.69 Å². The predicted molar refractivity (Wildman–Crippen MR) is 112 cm³/mol. The van der Waals surface area contributed by atoms with Crippen LogP contribution < -0.4 is 10.6 Å². The molecule has 2 N–H and O–H groups in total. The number of benzene rings is 1. The molecule has 3 amide bonds. The molecule has 2 fully saturated rings. The van der Waals surface area contributed by atoms with Crippen molar-refractivity contribution in [2.24, 2.45) is 5.92 Å². The highest BCUT2D eigenvalue weighted by Crippen LogP contribution is 2.33. The van der Waals surface area contributed by atoms with Gasteiger partial charge in [0.2, 0.25) is 11.8 Å². The lowest BCUT2D eigenvalue weighted by molar-refractivity contribution is -0.126. The fourth-order valence-corrected chi connectivity index (χ4v) is 5.45. The minimum absolute atomic E-state index is 0.0242. The van der Waals surface area contributed by atoms with Crippen molar-refractivity contribution in [1.29, 1.82) is 0 Å². The van der Waals surface area contributed by atoms with E-state index in [1.165, 1.54) is 0 Å². The van der Waals surface area contributed by atoms with Gasteiger partial charge in [0.1, 0.15) is 6.04 Å². The van der Waals surface area contributed by atoms with E-state index >= 15 is 0 Å². The van der Waals surface area contributed by atoms with Crippen molar-refractivity contribution in [3.63, 3.8) is 0 Å².